The summed E-state index contributed by atoms with van der Waals surface area (Å²) >= 11 is 0. The van der Waals surface area contributed by atoms with Gasteiger partial charge in [-0.1, -0.05) is 6.92 Å². The van der Waals surface area contributed by atoms with E-state index in [1.807, 2.05) is 13.8 Å². The van der Waals surface area contributed by atoms with Crippen molar-refractivity contribution in [1.82, 2.24) is 0 Å². The smallest absolute Gasteiger partial charge is 0.299 e. The highest BCUT2D eigenvalue weighted by molar-refractivity contribution is 7.27. The first-order chi connectivity index (χ1) is 4.81. The van der Waals surface area contributed by atoms with Crippen molar-refractivity contribution in [1.29, 1.82) is 0 Å². The molecule has 2 atom stereocenters. The van der Waals surface area contributed by atoms with E-state index >= 15 is 0 Å². The number of rotatable bonds is 6. The highest BCUT2D eigenvalue weighted by Crippen LogP contribution is 2.11. The summed E-state index contributed by atoms with van der Waals surface area (Å²) in [4.78, 5) is 0. The molecule has 0 saturated heterocycles. The molecular formula is C5H15BNO2P. The molecule has 0 aromatic carbocycles. The van der Waals surface area contributed by atoms with Crippen LogP contribution in [0.25, 0.3) is 0 Å². The fourth-order valence-corrected chi connectivity index (χ4v) is 0.843. The van der Waals surface area contributed by atoms with Crippen LogP contribution in [-0.2, 0) is 8.96 Å². The Labute approximate surface area is 64.9 Å². The minimum atomic E-state index is 0.148. The third kappa shape index (κ3) is 6.49. The second-order valence-electron chi connectivity index (χ2n) is 2.00. The second kappa shape index (κ2) is 7.48. The van der Waals surface area contributed by atoms with Crippen LogP contribution < -0.4 is 5.73 Å². The van der Waals surface area contributed by atoms with Crippen LogP contribution in [-0.4, -0.2) is 20.0 Å². The van der Waals surface area contributed by atoms with Gasteiger partial charge in [-0.2, -0.15) is 0 Å². The van der Waals surface area contributed by atoms with E-state index in [-0.39, 0.29) is 15.0 Å². The van der Waals surface area contributed by atoms with Crippen LogP contribution in [0.2, 0.25) is 0 Å². The topological polar surface area (TPSA) is 44.5 Å². The van der Waals surface area contributed by atoms with Crippen molar-refractivity contribution < 1.29 is 8.96 Å². The molecule has 0 aromatic rings. The van der Waals surface area contributed by atoms with Crippen LogP contribution in [0.15, 0.2) is 0 Å². The molecule has 0 aliphatic rings. The lowest BCUT2D eigenvalue weighted by atomic mass is 9.88. The van der Waals surface area contributed by atoms with Crippen molar-refractivity contribution in [3.8, 4) is 0 Å². The van der Waals surface area contributed by atoms with Crippen molar-refractivity contribution in [3.63, 3.8) is 0 Å². The van der Waals surface area contributed by atoms with Crippen LogP contribution >= 0.6 is 9.03 Å². The van der Waals surface area contributed by atoms with Crippen molar-refractivity contribution in [3.05, 3.63) is 0 Å². The molecule has 2 N–H and O–H groups in total. The molecule has 3 nitrogen and oxygen atoms in total. The third-order valence-electron chi connectivity index (χ3n) is 1.08. The van der Waals surface area contributed by atoms with Gasteiger partial charge in [-0.3, -0.25) is 0 Å². The predicted molar refractivity (Wildman–Crippen MR) is 46.4 cm³/mol. The monoisotopic (exact) mass is 163 g/mol. The highest BCUT2D eigenvalue weighted by atomic mass is 31.1. The summed E-state index contributed by atoms with van der Waals surface area (Å²) in [6.45, 7) is 4.69. The van der Waals surface area contributed by atoms with Gasteiger partial charge in [-0.25, -0.2) is 0 Å². The minimum absolute atomic E-state index is 0.148. The van der Waals surface area contributed by atoms with Crippen LogP contribution in [0.1, 0.15) is 20.3 Å². The van der Waals surface area contributed by atoms with E-state index in [9.17, 15) is 0 Å². The van der Waals surface area contributed by atoms with Crippen molar-refractivity contribution in [2.45, 2.75) is 26.2 Å². The summed E-state index contributed by atoms with van der Waals surface area (Å²) < 4.78 is 10.1. The van der Waals surface area contributed by atoms with E-state index in [1.165, 1.54) is 0 Å². The zero-order valence-corrected chi connectivity index (χ0v) is 7.59. The van der Waals surface area contributed by atoms with Gasteiger partial charge in [0.05, 0.1) is 6.61 Å². The Morgan fingerprint density at radius 2 is 2.30 bits per heavy atom. The molecule has 0 radical (unpaired) electrons. The SMILES string of the molecule is CCOPOBC(N)CC. The zero-order chi connectivity index (χ0) is 7.82. The fourth-order valence-electron chi connectivity index (χ4n) is 0.360. The zero-order valence-electron chi connectivity index (χ0n) is 6.59. The first kappa shape index (κ1) is 10.4. The predicted octanol–water partition coefficient (Wildman–Crippen LogP) is 0.594. The van der Waals surface area contributed by atoms with E-state index in [4.69, 9.17) is 14.7 Å². The Hall–Kier alpha value is 0.375. The molecular weight excluding hydrogens is 148 g/mol. The summed E-state index contributed by atoms with van der Waals surface area (Å²) in [5.74, 6) is 0.160. The third-order valence-corrected chi connectivity index (χ3v) is 1.78. The van der Waals surface area contributed by atoms with Gasteiger partial charge < -0.3 is 14.7 Å². The van der Waals surface area contributed by atoms with Gasteiger partial charge >= 0.3 is 0 Å². The Bertz CT molecular complexity index is 76.7. The van der Waals surface area contributed by atoms with Gasteiger partial charge in [0.2, 0.25) is 0 Å². The molecule has 0 rings (SSSR count). The van der Waals surface area contributed by atoms with Gasteiger partial charge in [-0.05, 0) is 13.3 Å². The molecule has 2 unspecified atom stereocenters. The average Bonchev–Trinajstić information content (AvgIpc) is 1.98. The molecule has 0 heterocycles. The normalized spacial score (nSPS) is 14.3. The van der Waals surface area contributed by atoms with Gasteiger partial charge in [0.15, 0.2) is 0 Å². The summed E-state index contributed by atoms with van der Waals surface area (Å²) in [7, 11) is 0.754. The largest absolute Gasteiger partial charge is 0.400 e. The molecule has 0 amide bonds. The minimum Gasteiger partial charge on any atom is -0.400 e. The molecule has 0 aromatic heterocycles. The number of nitrogens with two attached hydrogens (primary N) is 1. The summed E-state index contributed by atoms with van der Waals surface area (Å²) in [5, 5.41) is 0. The summed E-state index contributed by atoms with van der Waals surface area (Å²) in [6.07, 6.45) is 0.955. The van der Waals surface area contributed by atoms with E-state index in [1.54, 1.807) is 0 Å². The number of hydrogen-bond donors (Lipinski definition) is 1. The van der Waals surface area contributed by atoms with E-state index < -0.39 is 0 Å². The molecule has 0 saturated carbocycles. The van der Waals surface area contributed by atoms with E-state index in [2.05, 4.69) is 0 Å². The Kier molecular flexibility index (Phi) is 7.76. The van der Waals surface area contributed by atoms with Crippen molar-refractivity contribution in [2.75, 3.05) is 6.61 Å². The Morgan fingerprint density at radius 1 is 1.60 bits per heavy atom. The fraction of sp³-hybridized carbons (Fsp3) is 1.00. The molecule has 0 fully saturated rings. The van der Waals surface area contributed by atoms with Gasteiger partial charge in [0.25, 0.3) is 7.48 Å². The molecule has 5 heteroatoms. The lowest BCUT2D eigenvalue weighted by molar-refractivity contribution is 0.353. The molecule has 0 aliphatic carbocycles. The second-order valence-corrected chi connectivity index (χ2v) is 2.74. The standard InChI is InChI=1S/C5H15BNO2P/c1-3-5(7)6-9-10-8-4-2/h5-6,10H,3-4,7H2,1-2H3. The van der Waals surface area contributed by atoms with Gasteiger partial charge in [0, 0.05) is 5.94 Å². The highest BCUT2D eigenvalue weighted by Gasteiger charge is 2.01. The van der Waals surface area contributed by atoms with Crippen LogP contribution in [0, 0.1) is 0 Å². The molecule has 0 aliphatic heterocycles. The summed E-state index contributed by atoms with van der Waals surface area (Å²) in [5.41, 5.74) is 5.58. The van der Waals surface area contributed by atoms with Crippen molar-refractivity contribution in [2.24, 2.45) is 5.73 Å². The van der Waals surface area contributed by atoms with Gasteiger partial charge in [-0.15, -0.1) is 0 Å². The van der Waals surface area contributed by atoms with Crippen LogP contribution in [0.3, 0.4) is 0 Å². The first-order valence-corrected chi connectivity index (χ1v) is 4.37. The van der Waals surface area contributed by atoms with E-state index in [0.717, 1.165) is 6.42 Å². The maximum Gasteiger partial charge on any atom is 0.299 e. The van der Waals surface area contributed by atoms with Crippen molar-refractivity contribution >= 4 is 16.5 Å². The molecule has 10 heavy (non-hydrogen) atoms. The quantitative estimate of drug-likeness (QED) is 0.354. The Morgan fingerprint density at radius 3 is 2.80 bits per heavy atom. The Balaban J connectivity index is 2.89. The number of hydrogen-bond acceptors (Lipinski definition) is 3. The maximum absolute atomic E-state index is 5.58. The van der Waals surface area contributed by atoms with E-state index in [0.29, 0.717) is 14.1 Å². The first-order valence-electron chi connectivity index (χ1n) is 3.55. The summed E-state index contributed by atoms with van der Waals surface area (Å²) in [6, 6.07) is 0. The maximum atomic E-state index is 5.58. The van der Waals surface area contributed by atoms with Crippen LogP contribution in [0.4, 0.5) is 0 Å². The lowest BCUT2D eigenvalue weighted by Crippen LogP contribution is -2.26. The van der Waals surface area contributed by atoms with Gasteiger partial charge in [0.1, 0.15) is 9.03 Å². The molecule has 60 valence electrons. The van der Waals surface area contributed by atoms with Crippen LogP contribution in [0.5, 0.6) is 0 Å². The average molecular weight is 163 g/mol. The molecule has 0 bridgehead atoms. The lowest BCUT2D eigenvalue weighted by Gasteiger charge is -2.06. The molecule has 0 spiro atoms.